The highest BCUT2D eigenvalue weighted by atomic mass is 79.9. The maximum absolute atomic E-state index is 11.6. The molecule has 1 heterocycles. The summed E-state index contributed by atoms with van der Waals surface area (Å²) >= 11 is 3.24. The van der Waals surface area contributed by atoms with Crippen LogP contribution in [0, 0.1) is 0 Å². The van der Waals surface area contributed by atoms with Gasteiger partial charge in [-0.25, -0.2) is 0 Å². The zero-order valence-electron chi connectivity index (χ0n) is 9.45. The van der Waals surface area contributed by atoms with Crippen molar-refractivity contribution in [3.05, 3.63) is 0 Å². The maximum atomic E-state index is 11.6. The van der Waals surface area contributed by atoms with E-state index in [1.54, 1.807) is 9.80 Å². The van der Waals surface area contributed by atoms with E-state index in [0.29, 0.717) is 37.9 Å². The zero-order chi connectivity index (χ0) is 12.0. The Morgan fingerprint density at radius 3 is 2.06 bits per heavy atom. The average Bonchev–Trinajstić information content (AvgIpc) is 2.30. The summed E-state index contributed by atoms with van der Waals surface area (Å²) in [7, 11) is 1.51. The SMILES string of the molecule is COCC(=O)N1CCN(C(=O)CCBr)CC1. The van der Waals surface area contributed by atoms with Crippen molar-refractivity contribution in [1.82, 2.24) is 9.80 Å². The Balaban J connectivity index is 2.33. The lowest BCUT2D eigenvalue weighted by molar-refractivity contribution is -0.141. The Hall–Kier alpha value is -0.620. The van der Waals surface area contributed by atoms with Gasteiger partial charge in [0, 0.05) is 45.0 Å². The minimum Gasteiger partial charge on any atom is -0.375 e. The molecule has 0 saturated carbocycles. The Morgan fingerprint density at radius 2 is 1.62 bits per heavy atom. The van der Waals surface area contributed by atoms with E-state index in [2.05, 4.69) is 15.9 Å². The lowest BCUT2D eigenvalue weighted by Gasteiger charge is -2.34. The molecule has 92 valence electrons. The Bertz CT molecular complexity index is 226. The van der Waals surface area contributed by atoms with Crippen LogP contribution in [0.4, 0.5) is 0 Å². The molecule has 0 unspecified atom stereocenters. The molecule has 0 atom stereocenters. The van der Waals surface area contributed by atoms with E-state index in [9.17, 15) is 9.59 Å². The summed E-state index contributed by atoms with van der Waals surface area (Å²) in [5, 5.41) is 0.689. The van der Waals surface area contributed by atoms with E-state index in [1.165, 1.54) is 7.11 Å². The van der Waals surface area contributed by atoms with Gasteiger partial charge >= 0.3 is 0 Å². The van der Waals surface area contributed by atoms with Gasteiger partial charge in [0.15, 0.2) is 0 Å². The van der Waals surface area contributed by atoms with E-state index in [0.717, 1.165) is 0 Å². The van der Waals surface area contributed by atoms with Gasteiger partial charge in [0.05, 0.1) is 0 Å². The molecule has 0 bridgehead atoms. The van der Waals surface area contributed by atoms with Gasteiger partial charge in [-0.05, 0) is 0 Å². The first kappa shape index (κ1) is 13.4. The summed E-state index contributed by atoms with van der Waals surface area (Å²) in [6.07, 6.45) is 0.520. The standard InChI is InChI=1S/C10H17BrN2O3/c1-16-8-10(15)13-6-4-12(5-7-13)9(14)2-3-11/h2-8H2,1H3. The van der Waals surface area contributed by atoms with E-state index < -0.39 is 0 Å². The van der Waals surface area contributed by atoms with Crippen molar-refractivity contribution in [3.8, 4) is 0 Å². The van der Waals surface area contributed by atoms with Gasteiger partial charge in [0.25, 0.3) is 0 Å². The van der Waals surface area contributed by atoms with Crippen LogP contribution in [0.25, 0.3) is 0 Å². The number of rotatable bonds is 4. The van der Waals surface area contributed by atoms with Crippen LogP contribution < -0.4 is 0 Å². The molecule has 1 rings (SSSR count). The number of carbonyl (C=O) groups is 2. The highest BCUT2D eigenvalue weighted by Gasteiger charge is 2.23. The van der Waals surface area contributed by atoms with Crippen LogP contribution in [0.1, 0.15) is 6.42 Å². The predicted molar refractivity (Wildman–Crippen MR) is 63.4 cm³/mol. The van der Waals surface area contributed by atoms with Gasteiger partial charge in [-0.1, -0.05) is 15.9 Å². The van der Waals surface area contributed by atoms with Crippen molar-refractivity contribution >= 4 is 27.7 Å². The normalized spacial score (nSPS) is 16.4. The van der Waals surface area contributed by atoms with Crippen molar-refractivity contribution in [1.29, 1.82) is 0 Å². The number of carbonyl (C=O) groups excluding carboxylic acids is 2. The van der Waals surface area contributed by atoms with Gasteiger partial charge in [-0.15, -0.1) is 0 Å². The van der Waals surface area contributed by atoms with E-state index in [1.807, 2.05) is 0 Å². The van der Waals surface area contributed by atoms with Crippen LogP contribution in [0.2, 0.25) is 0 Å². The second kappa shape index (κ2) is 6.85. The number of alkyl halides is 1. The molecule has 0 radical (unpaired) electrons. The molecule has 1 aliphatic rings. The monoisotopic (exact) mass is 292 g/mol. The lowest BCUT2D eigenvalue weighted by atomic mass is 10.3. The zero-order valence-corrected chi connectivity index (χ0v) is 11.0. The van der Waals surface area contributed by atoms with Crippen molar-refractivity contribution in [2.45, 2.75) is 6.42 Å². The first-order valence-corrected chi connectivity index (χ1v) is 6.41. The molecular formula is C10H17BrN2O3. The van der Waals surface area contributed by atoms with Gasteiger partial charge in [0.2, 0.25) is 11.8 Å². The Kier molecular flexibility index (Phi) is 5.76. The van der Waals surface area contributed by atoms with Gasteiger partial charge in [0.1, 0.15) is 6.61 Å². The quantitative estimate of drug-likeness (QED) is 0.690. The molecule has 0 aliphatic carbocycles. The minimum atomic E-state index is -0.00455. The molecule has 1 aliphatic heterocycles. The fraction of sp³-hybridized carbons (Fsp3) is 0.800. The molecular weight excluding hydrogens is 276 g/mol. The average molecular weight is 293 g/mol. The summed E-state index contributed by atoms with van der Waals surface area (Å²) in [4.78, 5) is 26.6. The number of halogens is 1. The van der Waals surface area contributed by atoms with Crippen LogP contribution in [-0.4, -0.2) is 66.8 Å². The molecule has 2 amide bonds. The number of ether oxygens (including phenoxy) is 1. The second-order valence-electron chi connectivity index (χ2n) is 3.63. The second-order valence-corrected chi connectivity index (χ2v) is 4.43. The van der Waals surface area contributed by atoms with Crippen LogP contribution in [0.3, 0.4) is 0 Å². The summed E-state index contributed by atoms with van der Waals surface area (Å²) in [5.41, 5.74) is 0. The van der Waals surface area contributed by atoms with E-state index >= 15 is 0 Å². The molecule has 0 N–H and O–H groups in total. The van der Waals surface area contributed by atoms with E-state index in [-0.39, 0.29) is 18.4 Å². The minimum absolute atomic E-state index is 0.00455. The third-order valence-electron chi connectivity index (χ3n) is 2.56. The Labute approximate surface area is 104 Å². The summed E-state index contributed by atoms with van der Waals surface area (Å²) < 4.78 is 4.79. The predicted octanol–water partition coefficient (Wildman–Crippen LogP) is 0.0886. The van der Waals surface area contributed by atoms with Gasteiger partial charge < -0.3 is 14.5 Å². The molecule has 1 fully saturated rings. The first-order valence-electron chi connectivity index (χ1n) is 5.29. The van der Waals surface area contributed by atoms with Crippen LogP contribution in [0.15, 0.2) is 0 Å². The highest BCUT2D eigenvalue weighted by molar-refractivity contribution is 9.09. The lowest BCUT2D eigenvalue weighted by Crippen LogP contribution is -2.51. The molecule has 0 aromatic heterocycles. The number of methoxy groups -OCH3 is 1. The Morgan fingerprint density at radius 1 is 1.12 bits per heavy atom. The number of amides is 2. The number of hydrogen-bond acceptors (Lipinski definition) is 3. The first-order chi connectivity index (χ1) is 7.69. The van der Waals surface area contributed by atoms with Crippen molar-refractivity contribution < 1.29 is 14.3 Å². The summed E-state index contributed by atoms with van der Waals surface area (Å²) in [6, 6.07) is 0. The molecule has 0 aromatic rings. The molecule has 0 aromatic carbocycles. The number of hydrogen-bond donors (Lipinski definition) is 0. The van der Waals surface area contributed by atoms with Crippen molar-refractivity contribution in [2.24, 2.45) is 0 Å². The fourth-order valence-electron chi connectivity index (χ4n) is 1.66. The van der Waals surface area contributed by atoms with Crippen LogP contribution in [0.5, 0.6) is 0 Å². The maximum Gasteiger partial charge on any atom is 0.248 e. The molecule has 5 nitrogen and oxygen atoms in total. The van der Waals surface area contributed by atoms with Crippen LogP contribution in [-0.2, 0) is 14.3 Å². The van der Waals surface area contributed by atoms with Crippen LogP contribution >= 0.6 is 15.9 Å². The van der Waals surface area contributed by atoms with Gasteiger partial charge in [-0.3, -0.25) is 9.59 Å². The summed E-state index contributed by atoms with van der Waals surface area (Å²) in [6.45, 7) is 2.59. The third-order valence-corrected chi connectivity index (χ3v) is 2.96. The topological polar surface area (TPSA) is 49.9 Å². The molecule has 6 heteroatoms. The van der Waals surface area contributed by atoms with Crippen molar-refractivity contribution in [3.63, 3.8) is 0 Å². The fourth-order valence-corrected chi connectivity index (χ4v) is 2.00. The third kappa shape index (κ3) is 3.75. The number of nitrogens with zero attached hydrogens (tertiary/aromatic N) is 2. The smallest absolute Gasteiger partial charge is 0.248 e. The molecule has 1 saturated heterocycles. The highest BCUT2D eigenvalue weighted by Crippen LogP contribution is 2.05. The largest absolute Gasteiger partial charge is 0.375 e. The summed E-state index contributed by atoms with van der Waals surface area (Å²) in [5.74, 6) is 0.144. The molecule has 0 spiro atoms. The number of piperazine rings is 1. The van der Waals surface area contributed by atoms with E-state index in [4.69, 9.17) is 4.74 Å². The molecule has 16 heavy (non-hydrogen) atoms. The van der Waals surface area contributed by atoms with Gasteiger partial charge in [-0.2, -0.15) is 0 Å². The van der Waals surface area contributed by atoms with Crippen molar-refractivity contribution in [2.75, 3.05) is 45.2 Å².